The summed E-state index contributed by atoms with van der Waals surface area (Å²) in [7, 11) is 0. The summed E-state index contributed by atoms with van der Waals surface area (Å²) in [6, 6.07) is 0. The fraction of sp³-hybridized carbons (Fsp3) is 0.857. The molecule has 2 unspecified atom stereocenters. The second-order valence-electron chi connectivity index (χ2n) is 2.86. The molecule has 0 saturated heterocycles. The third-order valence-electron chi connectivity index (χ3n) is 2.00. The van der Waals surface area contributed by atoms with Crippen molar-refractivity contribution in [3.8, 4) is 0 Å². The van der Waals surface area contributed by atoms with E-state index < -0.39 is 5.97 Å². The van der Waals surface area contributed by atoms with Crippen LogP contribution in [0.1, 0.15) is 25.7 Å². The third kappa shape index (κ3) is 4.31. The zero-order valence-electron chi connectivity index (χ0n) is 5.79. The molecule has 0 radical (unpaired) electrons. The van der Waals surface area contributed by atoms with Crippen molar-refractivity contribution in [2.75, 3.05) is 0 Å². The topological polar surface area (TPSA) is 57.5 Å². The van der Waals surface area contributed by atoms with Gasteiger partial charge in [0.2, 0.25) is 0 Å². The van der Waals surface area contributed by atoms with E-state index in [-0.39, 0.29) is 80.9 Å². The molecule has 1 aliphatic rings. The average molecular weight is 278 g/mol. The first-order valence-electron chi connectivity index (χ1n) is 3.61. The summed E-state index contributed by atoms with van der Waals surface area (Å²) in [4.78, 5) is 10.4. The minimum atomic E-state index is -0.765. The van der Waals surface area contributed by atoms with E-state index in [0.29, 0.717) is 6.42 Å². The summed E-state index contributed by atoms with van der Waals surface area (Å²) in [5.74, 6) is -1.07. The number of carboxylic acids is 1. The van der Waals surface area contributed by atoms with Crippen molar-refractivity contribution >= 4 is 74.9 Å². The zero-order valence-corrected chi connectivity index (χ0v) is 5.79. The van der Waals surface area contributed by atoms with Crippen LogP contribution < -0.4 is 0 Å². The van der Waals surface area contributed by atoms with Crippen LogP contribution in [0.5, 0.6) is 0 Å². The fourth-order valence-corrected chi connectivity index (χ4v) is 1.39. The molecule has 0 bridgehead atoms. The van der Waals surface area contributed by atoms with Crippen molar-refractivity contribution in [2.24, 2.45) is 5.92 Å². The van der Waals surface area contributed by atoms with Gasteiger partial charge in [-0.3, -0.25) is 4.79 Å². The van der Waals surface area contributed by atoms with Gasteiger partial charge >= 0.3 is 74.9 Å². The number of aliphatic carboxylic acids is 1. The molecule has 0 spiro atoms. The first-order valence-corrected chi connectivity index (χ1v) is 3.61. The number of carboxylic acid groups (broad SMARTS) is 1. The number of hydrogen-bond donors (Lipinski definition) is 2. The Bertz CT molecular complexity index is 138. The van der Waals surface area contributed by atoms with Gasteiger partial charge in [-0.2, -0.15) is 0 Å². The molecule has 0 amide bonds. The second kappa shape index (κ2) is 6.02. The number of aliphatic hydroxyl groups excluding tert-OH is 1. The molecule has 1 saturated carbocycles. The molecule has 1 aliphatic carbocycles. The monoisotopic (exact) mass is 278 g/mol. The molecule has 0 aromatic carbocycles. The number of carbonyl (C=O) groups is 1. The van der Waals surface area contributed by atoms with E-state index in [9.17, 15) is 4.79 Å². The van der Waals surface area contributed by atoms with E-state index in [4.69, 9.17) is 10.2 Å². The van der Waals surface area contributed by atoms with Crippen LogP contribution in [0, 0.1) is 5.92 Å². The Morgan fingerprint density at radius 3 is 2.36 bits per heavy atom. The molecule has 3 nitrogen and oxygen atoms in total. The van der Waals surface area contributed by atoms with Crippen LogP contribution in [-0.4, -0.2) is 91.2 Å². The molecule has 0 heterocycles. The van der Waals surface area contributed by atoms with Crippen LogP contribution in [0.15, 0.2) is 0 Å². The summed E-state index contributed by atoms with van der Waals surface area (Å²) < 4.78 is 0. The second-order valence-corrected chi connectivity index (χ2v) is 2.86. The van der Waals surface area contributed by atoms with Gasteiger partial charge in [0, 0.05) is 0 Å². The molecule has 0 aromatic rings. The Hall–Kier alpha value is 1.48. The van der Waals surface area contributed by atoms with E-state index in [1.807, 2.05) is 0 Å². The number of aliphatic hydroxyl groups is 1. The van der Waals surface area contributed by atoms with Gasteiger partial charge in [-0.15, -0.1) is 0 Å². The van der Waals surface area contributed by atoms with Crippen LogP contribution in [0.2, 0.25) is 0 Å². The van der Waals surface area contributed by atoms with Gasteiger partial charge in [-0.25, -0.2) is 0 Å². The first kappa shape index (κ1) is 12.5. The number of hydrogen-bond acceptors (Lipinski definition) is 2. The Morgan fingerprint density at radius 1 is 1.36 bits per heavy atom. The van der Waals surface area contributed by atoms with Gasteiger partial charge in [0.15, 0.2) is 0 Å². The van der Waals surface area contributed by atoms with E-state index in [0.717, 1.165) is 19.3 Å². The van der Waals surface area contributed by atoms with Crippen LogP contribution in [0.4, 0.5) is 0 Å². The van der Waals surface area contributed by atoms with Crippen LogP contribution in [0.25, 0.3) is 0 Å². The van der Waals surface area contributed by atoms with E-state index in [1.165, 1.54) is 0 Å². The van der Waals surface area contributed by atoms with Crippen molar-refractivity contribution in [1.82, 2.24) is 0 Å². The van der Waals surface area contributed by atoms with Crippen molar-refractivity contribution < 1.29 is 15.0 Å². The van der Waals surface area contributed by atoms with E-state index in [1.54, 1.807) is 0 Å². The van der Waals surface area contributed by atoms with Crippen molar-refractivity contribution in [1.29, 1.82) is 0 Å². The van der Waals surface area contributed by atoms with Gasteiger partial charge in [-0.05, 0) is 19.3 Å². The SMILES string of the molecule is O=C(O)C1CCCC(O)C1.[CsH]. The van der Waals surface area contributed by atoms with Gasteiger partial charge < -0.3 is 10.2 Å². The maximum absolute atomic E-state index is 10.4. The van der Waals surface area contributed by atoms with Crippen LogP contribution in [0.3, 0.4) is 0 Å². The fourth-order valence-electron chi connectivity index (χ4n) is 1.39. The molecular formula is C7H13CsO3. The predicted molar refractivity (Wildman–Crippen MR) is 42.7 cm³/mol. The van der Waals surface area contributed by atoms with E-state index in [2.05, 4.69) is 0 Å². The Kier molecular flexibility index (Phi) is 6.83. The first-order chi connectivity index (χ1) is 4.70. The summed E-state index contributed by atoms with van der Waals surface area (Å²) in [6.45, 7) is 0. The van der Waals surface area contributed by atoms with Crippen molar-refractivity contribution in [3.63, 3.8) is 0 Å². The van der Waals surface area contributed by atoms with Crippen molar-refractivity contribution in [3.05, 3.63) is 0 Å². The van der Waals surface area contributed by atoms with Gasteiger partial charge in [-0.1, -0.05) is 6.42 Å². The maximum atomic E-state index is 10.4. The van der Waals surface area contributed by atoms with Gasteiger partial charge in [0.05, 0.1) is 12.0 Å². The molecule has 2 N–H and O–H groups in total. The molecule has 1 rings (SSSR count). The standard InChI is InChI=1S/C7H12O3.Cs.H/c8-6-3-1-2-5(4-6)7(9)10;;/h5-6,8H,1-4H2,(H,9,10);;. The Balaban J connectivity index is 0.000001000. The molecule has 4 heteroatoms. The normalized spacial score (nSPS) is 30.6. The minimum absolute atomic E-state index is 0. The molecule has 2 atom stereocenters. The molecule has 0 aromatic heterocycles. The van der Waals surface area contributed by atoms with Crippen molar-refractivity contribution in [2.45, 2.75) is 31.8 Å². The zero-order chi connectivity index (χ0) is 7.56. The molecule has 60 valence electrons. The number of rotatable bonds is 1. The van der Waals surface area contributed by atoms with Gasteiger partial charge in [0.25, 0.3) is 0 Å². The Labute approximate surface area is 125 Å². The third-order valence-corrected chi connectivity index (χ3v) is 2.00. The summed E-state index contributed by atoms with van der Waals surface area (Å²) in [6.07, 6.45) is 2.40. The molecule has 1 fully saturated rings. The predicted octanol–water partition coefficient (Wildman–Crippen LogP) is -0.0264. The summed E-state index contributed by atoms with van der Waals surface area (Å²) in [5.41, 5.74) is 0. The Morgan fingerprint density at radius 2 is 2.00 bits per heavy atom. The van der Waals surface area contributed by atoms with Crippen LogP contribution in [-0.2, 0) is 4.79 Å². The summed E-state index contributed by atoms with van der Waals surface area (Å²) in [5, 5.41) is 17.6. The van der Waals surface area contributed by atoms with Crippen LogP contribution >= 0.6 is 0 Å². The quantitative estimate of drug-likeness (QED) is 0.708. The molecule has 11 heavy (non-hydrogen) atoms. The summed E-state index contributed by atoms with van der Waals surface area (Å²) >= 11 is 0. The molecule has 0 aliphatic heterocycles. The van der Waals surface area contributed by atoms with E-state index >= 15 is 0 Å². The molecular weight excluding hydrogens is 265 g/mol. The van der Waals surface area contributed by atoms with Gasteiger partial charge in [0.1, 0.15) is 0 Å². The average Bonchev–Trinajstić information content (AvgIpc) is 1.88.